The number of hydrogen-bond acceptors (Lipinski definition) is 5. The summed E-state index contributed by atoms with van der Waals surface area (Å²) in [5.41, 5.74) is 0.866. The van der Waals surface area contributed by atoms with Crippen LogP contribution in [0.25, 0.3) is 0 Å². The van der Waals surface area contributed by atoms with E-state index >= 15 is 0 Å². The SMILES string of the molecule is CCOCC(=O)OCC(=O)Nc1cccc(C(=O)NC)c1. The molecular weight excluding hydrogens is 276 g/mol. The first-order chi connectivity index (χ1) is 10.1. The first kappa shape index (κ1) is 16.6. The number of esters is 1. The Kier molecular flexibility index (Phi) is 6.90. The molecule has 0 aliphatic carbocycles. The second-order valence-electron chi connectivity index (χ2n) is 4.01. The average molecular weight is 294 g/mol. The normalized spacial score (nSPS) is 9.81. The van der Waals surface area contributed by atoms with E-state index in [1.165, 1.54) is 13.1 Å². The molecule has 2 N–H and O–H groups in total. The van der Waals surface area contributed by atoms with Crippen molar-refractivity contribution in [2.75, 3.05) is 32.2 Å². The third kappa shape index (κ3) is 6.05. The fraction of sp³-hybridized carbons (Fsp3) is 0.357. The van der Waals surface area contributed by atoms with Crippen molar-refractivity contribution in [3.8, 4) is 0 Å². The Morgan fingerprint density at radius 2 is 1.95 bits per heavy atom. The number of benzene rings is 1. The molecule has 0 aromatic heterocycles. The lowest BCUT2D eigenvalue weighted by molar-refractivity contribution is -0.151. The van der Waals surface area contributed by atoms with E-state index in [1.54, 1.807) is 25.1 Å². The molecule has 0 atom stereocenters. The van der Waals surface area contributed by atoms with Gasteiger partial charge in [0.25, 0.3) is 11.8 Å². The second-order valence-corrected chi connectivity index (χ2v) is 4.01. The molecule has 0 aliphatic heterocycles. The first-order valence-electron chi connectivity index (χ1n) is 6.42. The zero-order valence-electron chi connectivity index (χ0n) is 12.0. The summed E-state index contributed by atoms with van der Waals surface area (Å²) in [5.74, 6) is -1.35. The van der Waals surface area contributed by atoms with Crippen LogP contribution in [0, 0.1) is 0 Å². The van der Waals surface area contributed by atoms with Crippen LogP contribution in [-0.2, 0) is 19.1 Å². The lowest BCUT2D eigenvalue weighted by atomic mass is 10.2. The molecule has 2 amide bonds. The van der Waals surface area contributed by atoms with Gasteiger partial charge in [-0.05, 0) is 25.1 Å². The maximum absolute atomic E-state index is 11.6. The Morgan fingerprint density at radius 1 is 1.19 bits per heavy atom. The van der Waals surface area contributed by atoms with Gasteiger partial charge in [0.05, 0.1) is 0 Å². The quantitative estimate of drug-likeness (QED) is 0.717. The van der Waals surface area contributed by atoms with Crippen LogP contribution in [-0.4, -0.2) is 44.7 Å². The van der Waals surface area contributed by atoms with Crippen molar-refractivity contribution in [1.29, 1.82) is 0 Å². The van der Waals surface area contributed by atoms with E-state index < -0.39 is 18.5 Å². The van der Waals surface area contributed by atoms with Crippen molar-refractivity contribution in [1.82, 2.24) is 5.32 Å². The number of ether oxygens (including phenoxy) is 2. The van der Waals surface area contributed by atoms with Crippen LogP contribution >= 0.6 is 0 Å². The predicted molar refractivity (Wildman–Crippen MR) is 75.9 cm³/mol. The highest BCUT2D eigenvalue weighted by Gasteiger charge is 2.09. The molecule has 0 saturated carbocycles. The molecule has 7 nitrogen and oxygen atoms in total. The maximum atomic E-state index is 11.6. The van der Waals surface area contributed by atoms with Gasteiger partial charge in [0.1, 0.15) is 6.61 Å². The van der Waals surface area contributed by atoms with Gasteiger partial charge in [0.2, 0.25) is 0 Å². The van der Waals surface area contributed by atoms with Crippen molar-refractivity contribution in [3.63, 3.8) is 0 Å². The van der Waals surface area contributed by atoms with Gasteiger partial charge in [-0.25, -0.2) is 4.79 Å². The largest absolute Gasteiger partial charge is 0.454 e. The molecule has 114 valence electrons. The topological polar surface area (TPSA) is 93.7 Å². The van der Waals surface area contributed by atoms with Crippen LogP contribution in [0.15, 0.2) is 24.3 Å². The van der Waals surface area contributed by atoms with Gasteiger partial charge < -0.3 is 20.1 Å². The van der Waals surface area contributed by atoms with E-state index in [0.717, 1.165) is 0 Å². The standard InChI is InChI=1S/C14H18N2O5/c1-3-20-9-13(18)21-8-12(17)16-11-6-4-5-10(7-11)14(19)15-2/h4-7H,3,8-9H2,1-2H3,(H,15,19)(H,16,17). The van der Waals surface area contributed by atoms with Gasteiger partial charge in [0, 0.05) is 24.9 Å². The molecule has 0 aliphatic rings. The van der Waals surface area contributed by atoms with Gasteiger partial charge in [-0.3, -0.25) is 9.59 Å². The van der Waals surface area contributed by atoms with Crippen molar-refractivity contribution in [2.45, 2.75) is 6.92 Å². The zero-order valence-corrected chi connectivity index (χ0v) is 12.0. The monoisotopic (exact) mass is 294 g/mol. The van der Waals surface area contributed by atoms with E-state index in [1.807, 2.05) is 0 Å². The van der Waals surface area contributed by atoms with Gasteiger partial charge in [-0.1, -0.05) is 6.07 Å². The molecule has 1 aromatic carbocycles. The summed E-state index contributed by atoms with van der Waals surface area (Å²) in [5, 5.41) is 5.02. The Labute approximate surface area is 122 Å². The molecule has 0 fully saturated rings. The van der Waals surface area contributed by atoms with Crippen molar-refractivity contribution in [3.05, 3.63) is 29.8 Å². The summed E-state index contributed by atoms with van der Waals surface area (Å²) in [6.45, 7) is 1.55. The highest BCUT2D eigenvalue weighted by atomic mass is 16.6. The Morgan fingerprint density at radius 3 is 2.62 bits per heavy atom. The van der Waals surface area contributed by atoms with Crippen LogP contribution in [0.4, 0.5) is 5.69 Å². The molecule has 0 unspecified atom stereocenters. The third-order valence-electron chi connectivity index (χ3n) is 2.42. The van der Waals surface area contributed by atoms with Crippen LogP contribution in [0.1, 0.15) is 17.3 Å². The minimum Gasteiger partial charge on any atom is -0.454 e. The number of carbonyl (C=O) groups excluding carboxylic acids is 3. The minimum atomic E-state index is -0.605. The first-order valence-corrected chi connectivity index (χ1v) is 6.42. The fourth-order valence-electron chi connectivity index (χ4n) is 1.45. The van der Waals surface area contributed by atoms with E-state index in [-0.39, 0.29) is 12.5 Å². The minimum absolute atomic E-state index is 0.185. The number of carbonyl (C=O) groups is 3. The summed E-state index contributed by atoms with van der Waals surface area (Å²) >= 11 is 0. The Balaban J connectivity index is 2.48. The molecule has 7 heteroatoms. The van der Waals surface area contributed by atoms with Crippen LogP contribution < -0.4 is 10.6 Å². The van der Waals surface area contributed by atoms with Crippen molar-refractivity contribution >= 4 is 23.5 Å². The summed E-state index contributed by atoms with van der Waals surface area (Å²) < 4.78 is 9.57. The number of anilines is 1. The van der Waals surface area contributed by atoms with Gasteiger partial charge in [-0.2, -0.15) is 0 Å². The Hall–Kier alpha value is -2.41. The summed E-state index contributed by atoms with van der Waals surface area (Å²) in [6, 6.07) is 6.42. The maximum Gasteiger partial charge on any atom is 0.332 e. The smallest absolute Gasteiger partial charge is 0.332 e. The molecule has 0 spiro atoms. The fourth-order valence-corrected chi connectivity index (χ4v) is 1.45. The highest BCUT2D eigenvalue weighted by molar-refractivity contribution is 5.97. The third-order valence-corrected chi connectivity index (χ3v) is 2.42. The van der Waals surface area contributed by atoms with Gasteiger partial charge in [-0.15, -0.1) is 0 Å². The van der Waals surface area contributed by atoms with Crippen molar-refractivity contribution < 1.29 is 23.9 Å². The molecular formula is C14H18N2O5. The molecule has 0 heterocycles. The zero-order chi connectivity index (χ0) is 15.7. The van der Waals surface area contributed by atoms with Gasteiger partial charge >= 0.3 is 5.97 Å². The second kappa shape index (κ2) is 8.70. The molecule has 1 aromatic rings. The Bertz CT molecular complexity index is 516. The van der Waals surface area contributed by atoms with Crippen LogP contribution in [0.3, 0.4) is 0 Å². The lowest BCUT2D eigenvalue weighted by Gasteiger charge is -2.08. The summed E-state index contributed by atoms with van der Waals surface area (Å²) in [7, 11) is 1.52. The molecule has 0 bridgehead atoms. The predicted octanol–water partition coefficient (Wildman–Crippen LogP) is 0.564. The summed E-state index contributed by atoms with van der Waals surface area (Å²) in [6.07, 6.45) is 0. The number of nitrogens with one attached hydrogen (secondary N) is 2. The van der Waals surface area contributed by atoms with E-state index in [0.29, 0.717) is 17.9 Å². The lowest BCUT2D eigenvalue weighted by Crippen LogP contribution is -2.23. The number of rotatable bonds is 7. The van der Waals surface area contributed by atoms with E-state index in [4.69, 9.17) is 9.47 Å². The highest BCUT2D eigenvalue weighted by Crippen LogP contribution is 2.10. The van der Waals surface area contributed by atoms with Crippen LogP contribution in [0.2, 0.25) is 0 Å². The van der Waals surface area contributed by atoms with E-state index in [9.17, 15) is 14.4 Å². The van der Waals surface area contributed by atoms with Crippen LogP contribution in [0.5, 0.6) is 0 Å². The molecule has 0 saturated heterocycles. The summed E-state index contributed by atoms with van der Waals surface area (Å²) in [4.78, 5) is 34.2. The molecule has 0 radical (unpaired) electrons. The molecule has 21 heavy (non-hydrogen) atoms. The number of amides is 2. The van der Waals surface area contributed by atoms with Gasteiger partial charge in [0.15, 0.2) is 6.61 Å². The molecule has 1 rings (SSSR count). The van der Waals surface area contributed by atoms with Crippen molar-refractivity contribution in [2.24, 2.45) is 0 Å². The average Bonchev–Trinajstić information content (AvgIpc) is 2.50. The van der Waals surface area contributed by atoms with E-state index in [2.05, 4.69) is 10.6 Å². The number of hydrogen-bond donors (Lipinski definition) is 2.